The third-order valence-electron chi connectivity index (χ3n) is 4.66. The number of non-ortho nitro benzene ring substituents is 1. The molecule has 10 heteroatoms. The van der Waals surface area contributed by atoms with Crippen LogP contribution in [0.25, 0.3) is 0 Å². The molecular formula is C23H20N2O7S. The summed E-state index contributed by atoms with van der Waals surface area (Å²) in [6.07, 6.45) is -0.0224. The van der Waals surface area contributed by atoms with Gasteiger partial charge in [-0.1, -0.05) is 60.7 Å². The highest BCUT2D eigenvalue weighted by molar-refractivity contribution is 7.89. The third-order valence-corrected chi connectivity index (χ3v) is 6.15. The highest BCUT2D eigenvalue weighted by Crippen LogP contribution is 2.17. The van der Waals surface area contributed by atoms with Crippen LogP contribution in [0.4, 0.5) is 5.69 Å². The lowest BCUT2D eigenvalue weighted by Gasteiger charge is -2.18. The van der Waals surface area contributed by atoms with Crippen molar-refractivity contribution in [2.75, 3.05) is 6.61 Å². The van der Waals surface area contributed by atoms with Gasteiger partial charge in [-0.3, -0.25) is 19.7 Å². The van der Waals surface area contributed by atoms with E-state index in [4.69, 9.17) is 4.74 Å². The number of carbonyl (C=O) groups is 2. The lowest BCUT2D eigenvalue weighted by Crippen LogP contribution is -2.43. The molecule has 0 fully saturated rings. The summed E-state index contributed by atoms with van der Waals surface area (Å²) in [7, 11) is -4.22. The largest absolute Gasteiger partial charge is 0.456 e. The van der Waals surface area contributed by atoms with Gasteiger partial charge in [0.25, 0.3) is 5.69 Å². The smallest absolute Gasteiger partial charge is 0.324 e. The van der Waals surface area contributed by atoms with Crippen molar-refractivity contribution in [3.63, 3.8) is 0 Å². The fourth-order valence-corrected chi connectivity index (χ4v) is 4.15. The number of sulfonamides is 1. The van der Waals surface area contributed by atoms with E-state index in [1.165, 1.54) is 0 Å². The summed E-state index contributed by atoms with van der Waals surface area (Å²) in [6.45, 7) is -0.548. The van der Waals surface area contributed by atoms with Crippen molar-refractivity contribution < 1.29 is 27.7 Å². The molecule has 0 spiro atoms. The minimum atomic E-state index is -4.22. The predicted octanol–water partition coefficient (Wildman–Crippen LogP) is 2.91. The normalized spacial score (nSPS) is 12.0. The number of nitrogens with zero attached hydrogens (tertiary/aromatic N) is 1. The molecule has 0 heterocycles. The zero-order chi connectivity index (χ0) is 23.8. The van der Waals surface area contributed by atoms with Gasteiger partial charge in [0.2, 0.25) is 10.0 Å². The third kappa shape index (κ3) is 6.55. The summed E-state index contributed by atoms with van der Waals surface area (Å²) < 4.78 is 33.1. The van der Waals surface area contributed by atoms with Crippen LogP contribution in [0.15, 0.2) is 89.8 Å². The molecule has 9 nitrogen and oxygen atoms in total. The molecule has 0 radical (unpaired) electrons. The number of carbonyl (C=O) groups excluding carboxylic acids is 2. The summed E-state index contributed by atoms with van der Waals surface area (Å²) in [4.78, 5) is 34.9. The number of nitro benzene ring substituents is 1. The van der Waals surface area contributed by atoms with Crippen molar-refractivity contribution in [1.29, 1.82) is 0 Å². The van der Waals surface area contributed by atoms with Crippen LogP contribution in [0.1, 0.15) is 15.9 Å². The Morgan fingerprint density at radius 3 is 2.06 bits per heavy atom. The summed E-state index contributed by atoms with van der Waals surface area (Å²) >= 11 is 0. The van der Waals surface area contributed by atoms with E-state index in [0.717, 1.165) is 24.3 Å². The van der Waals surface area contributed by atoms with Gasteiger partial charge in [-0.05, 0) is 24.1 Å². The molecule has 3 aromatic carbocycles. The first-order valence-corrected chi connectivity index (χ1v) is 11.3. The van der Waals surface area contributed by atoms with Crippen LogP contribution < -0.4 is 4.72 Å². The molecule has 3 rings (SSSR count). The predicted molar refractivity (Wildman–Crippen MR) is 119 cm³/mol. The fourth-order valence-electron chi connectivity index (χ4n) is 2.97. The average molecular weight is 468 g/mol. The van der Waals surface area contributed by atoms with Crippen LogP contribution >= 0.6 is 0 Å². The van der Waals surface area contributed by atoms with Crippen LogP contribution in [-0.4, -0.2) is 37.7 Å². The van der Waals surface area contributed by atoms with Crippen LogP contribution in [0, 0.1) is 10.1 Å². The van der Waals surface area contributed by atoms with Gasteiger partial charge in [0.15, 0.2) is 12.4 Å². The van der Waals surface area contributed by atoms with Crippen molar-refractivity contribution in [1.82, 2.24) is 4.72 Å². The van der Waals surface area contributed by atoms with Gasteiger partial charge in [0, 0.05) is 17.7 Å². The molecule has 0 aromatic heterocycles. The fraction of sp³-hybridized carbons (Fsp3) is 0.130. The molecule has 0 aliphatic heterocycles. The Labute approximate surface area is 190 Å². The maximum Gasteiger partial charge on any atom is 0.324 e. The van der Waals surface area contributed by atoms with Crippen molar-refractivity contribution >= 4 is 27.5 Å². The van der Waals surface area contributed by atoms with Crippen LogP contribution in [0.3, 0.4) is 0 Å². The quantitative estimate of drug-likeness (QED) is 0.209. The second kappa shape index (κ2) is 10.6. The molecule has 1 N–H and O–H groups in total. The number of esters is 1. The van der Waals surface area contributed by atoms with Gasteiger partial charge >= 0.3 is 5.97 Å². The molecule has 170 valence electrons. The van der Waals surface area contributed by atoms with Gasteiger partial charge in [-0.15, -0.1) is 0 Å². The molecule has 33 heavy (non-hydrogen) atoms. The van der Waals surface area contributed by atoms with Crippen molar-refractivity contribution in [2.45, 2.75) is 17.4 Å². The lowest BCUT2D eigenvalue weighted by molar-refractivity contribution is -0.384. The van der Waals surface area contributed by atoms with Gasteiger partial charge in [0.1, 0.15) is 6.04 Å². The van der Waals surface area contributed by atoms with E-state index in [-0.39, 0.29) is 17.0 Å². The maximum absolute atomic E-state index is 12.8. The Morgan fingerprint density at radius 2 is 1.48 bits per heavy atom. The summed E-state index contributed by atoms with van der Waals surface area (Å²) in [5, 5.41) is 10.8. The first-order valence-electron chi connectivity index (χ1n) is 9.82. The molecule has 1 atom stereocenters. The van der Waals surface area contributed by atoms with Gasteiger partial charge in [-0.25, -0.2) is 8.42 Å². The summed E-state index contributed by atoms with van der Waals surface area (Å²) in [6, 6.07) is 19.9. The molecule has 0 unspecified atom stereocenters. The monoisotopic (exact) mass is 468 g/mol. The highest BCUT2D eigenvalue weighted by Gasteiger charge is 2.28. The Bertz CT molecular complexity index is 1230. The number of hydrogen-bond acceptors (Lipinski definition) is 7. The van der Waals surface area contributed by atoms with E-state index in [0.29, 0.717) is 11.1 Å². The van der Waals surface area contributed by atoms with Gasteiger partial charge < -0.3 is 4.74 Å². The van der Waals surface area contributed by atoms with E-state index in [2.05, 4.69) is 4.72 Å². The Balaban J connectivity index is 1.77. The molecule has 0 aliphatic rings. The summed E-state index contributed by atoms with van der Waals surface area (Å²) in [5.41, 5.74) is 0.755. The number of benzene rings is 3. The topological polar surface area (TPSA) is 133 Å². The number of rotatable bonds is 10. The van der Waals surface area contributed by atoms with Gasteiger partial charge in [-0.2, -0.15) is 4.72 Å². The second-order valence-corrected chi connectivity index (χ2v) is 8.73. The molecule has 3 aromatic rings. The van der Waals surface area contributed by atoms with E-state index in [1.54, 1.807) is 60.7 Å². The highest BCUT2D eigenvalue weighted by atomic mass is 32.2. The van der Waals surface area contributed by atoms with E-state index >= 15 is 0 Å². The second-order valence-electron chi connectivity index (χ2n) is 7.01. The first-order chi connectivity index (χ1) is 15.8. The average Bonchev–Trinajstić information content (AvgIpc) is 2.83. The minimum absolute atomic E-state index is 0.0224. The number of Topliss-reactive ketones (excluding diaryl/α,β-unsaturated/α-hetero) is 1. The zero-order valence-corrected chi connectivity index (χ0v) is 18.1. The Hall–Kier alpha value is -3.89. The van der Waals surface area contributed by atoms with Crippen molar-refractivity contribution in [3.8, 4) is 0 Å². The van der Waals surface area contributed by atoms with E-state index in [9.17, 15) is 28.1 Å². The SMILES string of the molecule is O=C(COC(=O)[C@H](Cc1ccccc1)NS(=O)(=O)c1ccc([N+](=O)[O-])cc1)c1ccccc1. The number of nitro groups is 1. The lowest BCUT2D eigenvalue weighted by atomic mass is 10.1. The first kappa shape index (κ1) is 23.8. The molecular weight excluding hydrogens is 448 g/mol. The molecule has 0 saturated heterocycles. The van der Waals surface area contributed by atoms with E-state index < -0.39 is 39.3 Å². The zero-order valence-electron chi connectivity index (χ0n) is 17.3. The molecule has 0 bridgehead atoms. The van der Waals surface area contributed by atoms with Crippen molar-refractivity contribution in [2.24, 2.45) is 0 Å². The molecule has 0 amide bonds. The standard InChI is InChI=1S/C23H20N2O7S/c26-22(18-9-5-2-6-10-18)16-32-23(27)21(15-17-7-3-1-4-8-17)24-33(30,31)20-13-11-19(12-14-20)25(28)29/h1-14,21,24H,15-16H2/t21-/m0/s1. The Morgan fingerprint density at radius 1 is 0.909 bits per heavy atom. The van der Waals surface area contributed by atoms with Crippen LogP contribution in [0.2, 0.25) is 0 Å². The molecule has 0 aliphatic carbocycles. The van der Waals surface area contributed by atoms with Crippen molar-refractivity contribution in [3.05, 3.63) is 106 Å². The summed E-state index contributed by atoms with van der Waals surface area (Å²) in [5.74, 6) is -1.35. The number of ketones is 1. The van der Waals surface area contributed by atoms with Crippen LogP contribution in [0.5, 0.6) is 0 Å². The maximum atomic E-state index is 12.8. The van der Waals surface area contributed by atoms with E-state index in [1.807, 2.05) is 0 Å². The number of ether oxygens (including phenoxy) is 1. The van der Waals surface area contributed by atoms with Crippen LogP contribution in [-0.2, 0) is 26.0 Å². The Kier molecular flexibility index (Phi) is 7.65. The van der Waals surface area contributed by atoms with Gasteiger partial charge in [0.05, 0.1) is 9.82 Å². The number of nitrogens with one attached hydrogen (secondary N) is 1. The minimum Gasteiger partial charge on any atom is -0.456 e. The number of hydrogen-bond donors (Lipinski definition) is 1. The molecule has 0 saturated carbocycles.